The standard InChI is InChI=1S/C20H26O2/c1-18-7-6-16-15-4-3-14(21)12-13(15)2-5-17(16)19(18)8-10-20(18,22)11-9-19/h3-4,12,16-17,21-22H,2,5-11H2,1H3/t16-,17+,18-,19?,20?/m0/s1. The molecule has 0 saturated heterocycles. The third-order valence-electron chi connectivity index (χ3n) is 8.50. The van der Waals surface area contributed by atoms with Gasteiger partial charge in [0.2, 0.25) is 0 Å². The monoisotopic (exact) mass is 298 g/mol. The smallest absolute Gasteiger partial charge is 0.115 e. The third kappa shape index (κ3) is 1.29. The lowest BCUT2D eigenvalue weighted by molar-refractivity contribution is -0.101. The summed E-state index contributed by atoms with van der Waals surface area (Å²) in [6.07, 6.45) is 9.23. The van der Waals surface area contributed by atoms with E-state index in [4.69, 9.17) is 0 Å². The number of phenols is 1. The molecule has 2 N–H and O–H groups in total. The number of benzene rings is 1. The lowest BCUT2D eigenvalue weighted by Crippen LogP contribution is -2.51. The lowest BCUT2D eigenvalue weighted by atomic mass is 9.48. The zero-order valence-electron chi connectivity index (χ0n) is 13.4. The van der Waals surface area contributed by atoms with Crippen molar-refractivity contribution in [2.45, 2.75) is 69.8 Å². The Labute approximate surface area is 132 Å². The molecule has 2 bridgehead atoms. The van der Waals surface area contributed by atoms with E-state index in [0.29, 0.717) is 17.1 Å². The Morgan fingerprint density at radius 2 is 1.82 bits per heavy atom. The highest BCUT2D eigenvalue weighted by Gasteiger charge is 2.73. The van der Waals surface area contributed by atoms with Crippen LogP contribution in [0.4, 0.5) is 0 Å². The fraction of sp³-hybridized carbons (Fsp3) is 0.700. The predicted molar refractivity (Wildman–Crippen MR) is 85.9 cm³/mol. The normalized spacial score (nSPS) is 48.6. The molecule has 22 heavy (non-hydrogen) atoms. The van der Waals surface area contributed by atoms with Gasteiger partial charge < -0.3 is 10.2 Å². The fourth-order valence-corrected chi connectivity index (χ4v) is 7.30. The Morgan fingerprint density at radius 1 is 1.05 bits per heavy atom. The summed E-state index contributed by atoms with van der Waals surface area (Å²) in [5.41, 5.74) is 3.00. The van der Waals surface area contributed by atoms with E-state index >= 15 is 0 Å². The zero-order chi connectivity index (χ0) is 15.2. The molecule has 2 heteroatoms. The minimum absolute atomic E-state index is 0.148. The SMILES string of the molecule is C[C@]12CC[C@H]3c4ccc(O)cc4CC[C@H]3C13CCC2(O)CC3. The van der Waals surface area contributed by atoms with E-state index in [9.17, 15) is 10.2 Å². The van der Waals surface area contributed by atoms with Crippen LogP contribution in [0.2, 0.25) is 0 Å². The van der Waals surface area contributed by atoms with E-state index in [-0.39, 0.29) is 11.0 Å². The van der Waals surface area contributed by atoms with Crippen molar-refractivity contribution in [2.24, 2.45) is 16.7 Å². The van der Waals surface area contributed by atoms with Crippen LogP contribution in [0.1, 0.15) is 68.9 Å². The maximum absolute atomic E-state index is 11.2. The van der Waals surface area contributed by atoms with Gasteiger partial charge in [-0.3, -0.25) is 0 Å². The van der Waals surface area contributed by atoms with Crippen LogP contribution in [0, 0.1) is 16.7 Å². The first kappa shape index (κ1) is 13.4. The molecule has 0 spiro atoms. The number of fused-ring (bicyclic) bond motifs is 3. The molecule has 0 unspecified atom stereocenters. The predicted octanol–water partition coefficient (Wildman–Crippen LogP) is 4.14. The number of hydrogen-bond donors (Lipinski definition) is 2. The Morgan fingerprint density at radius 3 is 2.59 bits per heavy atom. The first-order valence-corrected chi connectivity index (χ1v) is 9.03. The van der Waals surface area contributed by atoms with Gasteiger partial charge in [-0.2, -0.15) is 0 Å². The van der Waals surface area contributed by atoms with Crippen LogP contribution in [0.25, 0.3) is 0 Å². The Kier molecular flexibility index (Phi) is 2.38. The number of aryl methyl sites for hydroxylation is 1. The average Bonchev–Trinajstić information content (AvgIpc) is 2.88. The summed E-state index contributed by atoms with van der Waals surface area (Å²) in [5, 5.41) is 21.0. The number of rotatable bonds is 0. The van der Waals surface area contributed by atoms with Crippen molar-refractivity contribution in [1.82, 2.24) is 0 Å². The van der Waals surface area contributed by atoms with Gasteiger partial charge >= 0.3 is 0 Å². The molecule has 1 aromatic carbocycles. The summed E-state index contributed by atoms with van der Waals surface area (Å²) in [6.45, 7) is 2.40. The second kappa shape index (κ2) is 3.90. The summed E-state index contributed by atoms with van der Waals surface area (Å²) in [6, 6.07) is 6.03. The molecular formula is C20H26O2. The van der Waals surface area contributed by atoms with Crippen molar-refractivity contribution in [1.29, 1.82) is 0 Å². The molecule has 4 aliphatic rings. The van der Waals surface area contributed by atoms with E-state index in [0.717, 1.165) is 25.2 Å². The van der Waals surface area contributed by atoms with Crippen LogP contribution in [-0.4, -0.2) is 15.8 Å². The van der Waals surface area contributed by atoms with Crippen molar-refractivity contribution < 1.29 is 10.2 Å². The van der Waals surface area contributed by atoms with Gasteiger partial charge in [0.15, 0.2) is 0 Å². The molecular weight excluding hydrogens is 272 g/mol. The van der Waals surface area contributed by atoms with E-state index in [1.54, 1.807) is 0 Å². The largest absolute Gasteiger partial charge is 0.508 e. The van der Waals surface area contributed by atoms with Gasteiger partial charge in [-0.1, -0.05) is 13.0 Å². The number of hydrogen-bond acceptors (Lipinski definition) is 2. The van der Waals surface area contributed by atoms with E-state index in [1.165, 1.54) is 43.2 Å². The maximum Gasteiger partial charge on any atom is 0.115 e. The molecule has 3 saturated carbocycles. The van der Waals surface area contributed by atoms with Gasteiger partial charge in [0, 0.05) is 5.41 Å². The molecule has 0 aliphatic heterocycles. The highest BCUT2D eigenvalue weighted by atomic mass is 16.3. The summed E-state index contributed by atoms with van der Waals surface area (Å²) >= 11 is 0. The first-order valence-electron chi connectivity index (χ1n) is 9.03. The number of phenolic OH excluding ortho intramolecular Hbond substituents is 1. The number of aromatic hydroxyl groups is 1. The summed E-state index contributed by atoms with van der Waals surface area (Å²) in [7, 11) is 0. The Bertz CT molecular complexity index is 641. The average molecular weight is 298 g/mol. The molecule has 0 aromatic heterocycles. The number of aliphatic hydroxyl groups is 1. The molecule has 0 amide bonds. The van der Waals surface area contributed by atoms with E-state index in [2.05, 4.69) is 13.0 Å². The van der Waals surface area contributed by atoms with Crippen molar-refractivity contribution in [3.63, 3.8) is 0 Å². The minimum atomic E-state index is -0.382. The molecule has 3 atom stereocenters. The third-order valence-corrected chi connectivity index (χ3v) is 8.50. The van der Waals surface area contributed by atoms with Gasteiger partial charge in [0.25, 0.3) is 0 Å². The van der Waals surface area contributed by atoms with Crippen LogP contribution in [0.15, 0.2) is 18.2 Å². The quantitative estimate of drug-likeness (QED) is 0.755. The van der Waals surface area contributed by atoms with Crippen molar-refractivity contribution in [3.8, 4) is 5.75 Å². The highest BCUT2D eigenvalue weighted by Crippen LogP contribution is 2.77. The lowest BCUT2D eigenvalue weighted by Gasteiger charge is -2.56. The van der Waals surface area contributed by atoms with Crippen molar-refractivity contribution >= 4 is 0 Å². The van der Waals surface area contributed by atoms with Gasteiger partial charge in [-0.15, -0.1) is 0 Å². The second-order valence-corrected chi connectivity index (χ2v) is 8.69. The molecule has 2 nitrogen and oxygen atoms in total. The summed E-state index contributed by atoms with van der Waals surface area (Å²) in [4.78, 5) is 0. The summed E-state index contributed by atoms with van der Waals surface area (Å²) in [5.74, 6) is 1.80. The van der Waals surface area contributed by atoms with E-state index < -0.39 is 0 Å². The molecule has 4 aliphatic carbocycles. The van der Waals surface area contributed by atoms with Gasteiger partial charge in [0.05, 0.1) is 5.60 Å². The van der Waals surface area contributed by atoms with E-state index in [1.807, 2.05) is 12.1 Å². The van der Waals surface area contributed by atoms with Gasteiger partial charge in [-0.05, 0) is 91.9 Å². The maximum atomic E-state index is 11.2. The van der Waals surface area contributed by atoms with Crippen LogP contribution < -0.4 is 0 Å². The van der Waals surface area contributed by atoms with Crippen molar-refractivity contribution in [2.75, 3.05) is 0 Å². The minimum Gasteiger partial charge on any atom is -0.508 e. The van der Waals surface area contributed by atoms with Crippen LogP contribution in [0.3, 0.4) is 0 Å². The molecule has 0 radical (unpaired) electrons. The van der Waals surface area contributed by atoms with Crippen LogP contribution >= 0.6 is 0 Å². The van der Waals surface area contributed by atoms with Crippen LogP contribution in [0.5, 0.6) is 5.75 Å². The Balaban J connectivity index is 1.62. The zero-order valence-corrected chi connectivity index (χ0v) is 13.4. The Hall–Kier alpha value is -1.02. The van der Waals surface area contributed by atoms with Gasteiger partial charge in [-0.25, -0.2) is 0 Å². The fourth-order valence-electron chi connectivity index (χ4n) is 7.30. The molecule has 5 rings (SSSR count). The highest BCUT2D eigenvalue weighted by molar-refractivity contribution is 5.41. The topological polar surface area (TPSA) is 40.5 Å². The van der Waals surface area contributed by atoms with Crippen LogP contribution in [-0.2, 0) is 6.42 Å². The van der Waals surface area contributed by atoms with Gasteiger partial charge in [0.1, 0.15) is 5.75 Å². The summed E-state index contributed by atoms with van der Waals surface area (Å²) < 4.78 is 0. The van der Waals surface area contributed by atoms with Crippen molar-refractivity contribution in [3.05, 3.63) is 29.3 Å². The molecule has 3 fully saturated rings. The first-order chi connectivity index (χ1) is 10.5. The molecule has 0 heterocycles. The molecule has 1 aromatic rings. The second-order valence-electron chi connectivity index (χ2n) is 8.69. The molecule has 118 valence electrons.